The van der Waals surface area contributed by atoms with Crippen molar-refractivity contribution in [1.82, 2.24) is 0 Å². The van der Waals surface area contributed by atoms with Gasteiger partial charge in [-0.3, -0.25) is 0 Å². The average Bonchev–Trinajstić information content (AvgIpc) is 2.03. The Hall–Kier alpha value is 0.310. The Morgan fingerprint density at radius 2 is 1.92 bits per heavy atom. The predicted molar refractivity (Wildman–Crippen MR) is 55.2 cm³/mol. The van der Waals surface area contributed by atoms with E-state index in [4.69, 9.17) is 4.18 Å². The SMILES string of the molecule is CSOCC1CCC(C)(C)CC1. The van der Waals surface area contributed by atoms with Crippen LogP contribution in [0.5, 0.6) is 0 Å². The summed E-state index contributed by atoms with van der Waals surface area (Å²) in [5.41, 5.74) is 0.593. The first kappa shape index (κ1) is 10.4. The fourth-order valence-corrected chi connectivity index (χ4v) is 2.12. The highest BCUT2D eigenvalue weighted by molar-refractivity contribution is 7.93. The van der Waals surface area contributed by atoms with Gasteiger partial charge in [-0.25, -0.2) is 0 Å². The highest BCUT2D eigenvalue weighted by Crippen LogP contribution is 2.38. The third-order valence-corrected chi connectivity index (χ3v) is 3.25. The van der Waals surface area contributed by atoms with Crippen LogP contribution in [0.4, 0.5) is 0 Å². The van der Waals surface area contributed by atoms with Crippen molar-refractivity contribution in [3.05, 3.63) is 0 Å². The second kappa shape index (κ2) is 4.52. The van der Waals surface area contributed by atoms with E-state index in [1.54, 1.807) is 0 Å². The van der Waals surface area contributed by atoms with E-state index in [0.29, 0.717) is 5.41 Å². The second-order valence-corrected chi connectivity index (χ2v) is 5.13. The Bertz CT molecular complexity index is 124. The van der Waals surface area contributed by atoms with Crippen molar-refractivity contribution in [2.45, 2.75) is 39.5 Å². The maximum absolute atomic E-state index is 5.36. The van der Waals surface area contributed by atoms with Crippen LogP contribution >= 0.6 is 12.0 Å². The van der Waals surface area contributed by atoms with E-state index >= 15 is 0 Å². The Morgan fingerprint density at radius 1 is 1.33 bits per heavy atom. The minimum Gasteiger partial charge on any atom is -0.315 e. The third kappa shape index (κ3) is 3.36. The first-order chi connectivity index (χ1) is 5.64. The molecule has 0 unspecified atom stereocenters. The van der Waals surface area contributed by atoms with Crippen LogP contribution in [0.15, 0.2) is 0 Å². The van der Waals surface area contributed by atoms with E-state index in [1.807, 2.05) is 6.26 Å². The highest BCUT2D eigenvalue weighted by atomic mass is 32.2. The summed E-state index contributed by atoms with van der Waals surface area (Å²) in [6.07, 6.45) is 7.44. The van der Waals surface area contributed by atoms with E-state index in [2.05, 4.69) is 13.8 Å². The molecule has 0 aliphatic heterocycles. The van der Waals surface area contributed by atoms with Crippen LogP contribution in [0.25, 0.3) is 0 Å². The minimum absolute atomic E-state index is 0.593. The fourth-order valence-electron chi connectivity index (χ4n) is 1.79. The number of hydrogen-bond donors (Lipinski definition) is 0. The number of rotatable bonds is 3. The van der Waals surface area contributed by atoms with Gasteiger partial charge in [-0.2, -0.15) is 0 Å². The Kier molecular flexibility index (Phi) is 3.91. The van der Waals surface area contributed by atoms with Crippen molar-refractivity contribution in [2.75, 3.05) is 12.9 Å². The lowest BCUT2D eigenvalue weighted by atomic mass is 9.73. The largest absolute Gasteiger partial charge is 0.315 e. The molecule has 12 heavy (non-hydrogen) atoms. The summed E-state index contributed by atoms with van der Waals surface area (Å²) in [6, 6.07) is 0. The molecular formula is C10H20OS. The zero-order valence-corrected chi connectivity index (χ0v) is 9.25. The van der Waals surface area contributed by atoms with Crippen LogP contribution in [0.1, 0.15) is 39.5 Å². The van der Waals surface area contributed by atoms with Gasteiger partial charge >= 0.3 is 0 Å². The van der Waals surface area contributed by atoms with Gasteiger partial charge in [0.05, 0.1) is 6.61 Å². The lowest BCUT2D eigenvalue weighted by Crippen LogP contribution is -2.23. The molecule has 0 aromatic carbocycles. The van der Waals surface area contributed by atoms with Gasteiger partial charge in [0.15, 0.2) is 0 Å². The van der Waals surface area contributed by atoms with Gasteiger partial charge in [-0.05, 0) is 49.1 Å². The summed E-state index contributed by atoms with van der Waals surface area (Å²) in [7, 11) is 0. The monoisotopic (exact) mass is 188 g/mol. The lowest BCUT2D eigenvalue weighted by molar-refractivity contribution is 0.153. The molecule has 72 valence electrons. The van der Waals surface area contributed by atoms with E-state index in [0.717, 1.165) is 12.5 Å². The molecule has 2 heteroatoms. The molecule has 0 aromatic rings. The molecule has 0 aromatic heterocycles. The van der Waals surface area contributed by atoms with Gasteiger partial charge in [0.25, 0.3) is 0 Å². The molecule has 0 saturated heterocycles. The predicted octanol–water partition coefficient (Wildman–Crippen LogP) is 3.50. The average molecular weight is 188 g/mol. The Morgan fingerprint density at radius 3 is 2.42 bits per heavy atom. The van der Waals surface area contributed by atoms with Crippen LogP contribution in [0.3, 0.4) is 0 Å². The molecule has 0 atom stereocenters. The van der Waals surface area contributed by atoms with Crippen molar-refractivity contribution in [3.63, 3.8) is 0 Å². The fraction of sp³-hybridized carbons (Fsp3) is 1.00. The van der Waals surface area contributed by atoms with Gasteiger partial charge in [-0.1, -0.05) is 13.8 Å². The van der Waals surface area contributed by atoms with Crippen molar-refractivity contribution < 1.29 is 4.18 Å². The summed E-state index contributed by atoms with van der Waals surface area (Å²) in [5, 5.41) is 0. The summed E-state index contributed by atoms with van der Waals surface area (Å²) in [6.45, 7) is 5.70. The first-order valence-corrected chi connectivity index (χ1v) is 5.95. The molecule has 0 heterocycles. The molecule has 1 nitrogen and oxygen atoms in total. The van der Waals surface area contributed by atoms with E-state index < -0.39 is 0 Å². The Labute approximate surface area is 80.5 Å². The Balaban J connectivity index is 2.18. The van der Waals surface area contributed by atoms with Crippen LogP contribution in [-0.2, 0) is 4.18 Å². The molecule has 1 fully saturated rings. The first-order valence-electron chi connectivity index (χ1n) is 4.80. The van der Waals surface area contributed by atoms with Crippen LogP contribution in [0.2, 0.25) is 0 Å². The molecule has 0 radical (unpaired) electrons. The molecule has 1 saturated carbocycles. The zero-order valence-electron chi connectivity index (χ0n) is 8.43. The topological polar surface area (TPSA) is 9.23 Å². The summed E-state index contributed by atoms with van der Waals surface area (Å²) >= 11 is 1.50. The quantitative estimate of drug-likeness (QED) is 0.627. The van der Waals surface area contributed by atoms with Crippen LogP contribution in [-0.4, -0.2) is 12.9 Å². The molecule has 1 aliphatic carbocycles. The highest BCUT2D eigenvalue weighted by Gasteiger charge is 2.26. The smallest absolute Gasteiger partial charge is 0.0641 e. The van der Waals surface area contributed by atoms with E-state index in [9.17, 15) is 0 Å². The van der Waals surface area contributed by atoms with Gasteiger partial charge < -0.3 is 4.18 Å². The van der Waals surface area contributed by atoms with Gasteiger partial charge in [0.1, 0.15) is 0 Å². The standard InChI is InChI=1S/C10H20OS/c1-10(2)6-4-9(5-7-10)8-11-12-3/h9H,4-8H2,1-3H3. The molecule has 0 amide bonds. The molecule has 1 rings (SSSR count). The number of hydrogen-bond acceptors (Lipinski definition) is 2. The molecule has 0 N–H and O–H groups in total. The van der Waals surface area contributed by atoms with Crippen molar-refractivity contribution in [2.24, 2.45) is 11.3 Å². The van der Waals surface area contributed by atoms with Gasteiger partial charge in [0, 0.05) is 6.26 Å². The summed E-state index contributed by atoms with van der Waals surface area (Å²) in [4.78, 5) is 0. The minimum atomic E-state index is 0.593. The van der Waals surface area contributed by atoms with Gasteiger partial charge in [-0.15, -0.1) is 0 Å². The van der Waals surface area contributed by atoms with Gasteiger partial charge in [0.2, 0.25) is 0 Å². The van der Waals surface area contributed by atoms with Crippen molar-refractivity contribution in [3.8, 4) is 0 Å². The van der Waals surface area contributed by atoms with Crippen LogP contribution < -0.4 is 0 Å². The summed E-state index contributed by atoms with van der Waals surface area (Å²) < 4.78 is 5.36. The maximum Gasteiger partial charge on any atom is 0.0641 e. The van der Waals surface area contributed by atoms with E-state index in [1.165, 1.54) is 37.7 Å². The zero-order chi connectivity index (χ0) is 9.03. The van der Waals surface area contributed by atoms with Crippen molar-refractivity contribution >= 4 is 12.0 Å². The molecule has 0 spiro atoms. The maximum atomic E-state index is 5.36. The summed E-state index contributed by atoms with van der Waals surface area (Å²) in [5.74, 6) is 0.825. The van der Waals surface area contributed by atoms with E-state index in [-0.39, 0.29) is 0 Å². The lowest BCUT2D eigenvalue weighted by Gasteiger charge is -2.33. The van der Waals surface area contributed by atoms with Crippen LogP contribution in [0, 0.1) is 11.3 Å². The molecular weight excluding hydrogens is 168 g/mol. The second-order valence-electron chi connectivity index (χ2n) is 4.56. The van der Waals surface area contributed by atoms with Crippen molar-refractivity contribution in [1.29, 1.82) is 0 Å². The normalized spacial score (nSPS) is 24.2. The molecule has 1 aliphatic rings. The third-order valence-electron chi connectivity index (χ3n) is 2.88. The molecule has 0 bridgehead atoms.